The molecule has 0 saturated carbocycles. The molecule has 0 aliphatic carbocycles. The van der Waals surface area contributed by atoms with Gasteiger partial charge in [0.25, 0.3) is 0 Å². The normalized spacial score (nSPS) is 27.0. The minimum absolute atomic E-state index is 0.0713. The monoisotopic (exact) mass is 748 g/mol. The molecule has 0 N–H and O–H groups in total. The van der Waals surface area contributed by atoms with E-state index in [1.54, 1.807) is 0 Å². The quantitative estimate of drug-likeness (QED) is 0.145. The largest absolute Gasteiger partial charge is 0.345 e. The Hall–Kier alpha value is -3.98. The van der Waals surface area contributed by atoms with E-state index in [-0.39, 0.29) is 11.3 Å². The first kappa shape index (κ1) is 35.7. The molecule has 3 fully saturated rings. The van der Waals surface area contributed by atoms with E-state index in [0.29, 0.717) is 13.2 Å². The topological polar surface area (TPSA) is 36.9 Å². The minimum atomic E-state index is -1.23. The van der Waals surface area contributed by atoms with Gasteiger partial charge >= 0.3 is 0 Å². The molecule has 3 aliphatic heterocycles. The molecule has 272 valence electrons. The Morgan fingerprint density at radius 1 is 0.370 bits per heavy atom. The third-order valence-corrected chi connectivity index (χ3v) is 17.0. The Balaban J connectivity index is 1.32. The molecule has 2 spiro atoms. The number of hydrogen-bond donors (Lipinski definition) is 0. The lowest BCUT2D eigenvalue weighted by Gasteiger charge is -2.64. The highest BCUT2D eigenvalue weighted by atomic mass is 31.1. The summed E-state index contributed by atoms with van der Waals surface area (Å²) >= 11 is 0. The van der Waals surface area contributed by atoms with Gasteiger partial charge in [-0.1, -0.05) is 182 Å². The number of fused-ring (bicyclic) bond motifs is 1. The molecule has 0 aromatic heterocycles. The average molecular weight is 749 g/mol. The molecule has 3 aliphatic rings. The van der Waals surface area contributed by atoms with Crippen molar-refractivity contribution in [2.75, 3.05) is 13.2 Å². The molecule has 9 rings (SSSR count). The lowest BCUT2D eigenvalue weighted by Crippen LogP contribution is -2.76. The standard InChI is InChI=1S/C48H46O4P2/c1-7-21-37(22-8-1)45-46(38-23-9-2-10-24-38)52-48(44(34-20-36-50-48)54(41-29-15-5-16-30-41)42-31-17-6-18-32-42)47(51-45)43(33-19-35-49-47)53(39-25-11-3-12-26-39)40-27-13-4-14-28-40/h1-18,21-32,43-46H,19-20,33-36H2. The van der Waals surface area contributed by atoms with Crippen molar-refractivity contribution in [3.8, 4) is 0 Å². The summed E-state index contributed by atoms with van der Waals surface area (Å²) in [6.45, 7) is 1.13. The van der Waals surface area contributed by atoms with E-state index in [1.807, 2.05) is 0 Å². The van der Waals surface area contributed by atoms with Crippen molar-refractivity contribution in [2.24, 2.45) is 0 Å². The number of benzene rings is 6. The first-order valence-electron chi connectivity index (χ1n) is 19.3. The molecule has 3 heterocycles. The predicted octanol–water partition coefficient (Wildman–Crippen LogP) is 9.53. The van der Waals surface area contributed by atoms with Crippen LogP contribution in [0.2, 0.25) is 0 Å². The number of rotatable bonds is 8. The molecule has 0 amide bonds. The van der Waals surface area contributed by atoms with Gasteiger partial charge in [-0.15, -0.1) is 0 Å². The van der Waals surface area contributed by atoms with Crippen molar-refractivity contribution in [3.05, 3.63) is 193 Å². The first-order valence-corrected chi connectivity index (χ1v) is 22.1. The van der Waals surface area contributed by atoms with Gasteiger partial charge in [0.2, 0.25) is 11.6 Å². The predicted molar refractivity (Wildman–Crippen MR) is 222 cm³/mol. The molecular weight excluding hydrogens is 702 g/mol. The van der Waals surface area contributed by atoms with Crippen LogP contribution in [0.1, 0.15) is 49.0 Å². The molecule has 0 bridgehead atoms. The Bertz CT molecular complexity index is 1840. The van der Waals surface area contributed by atoms with Crippen LogP contribution in [0.25, 0.3) is 0 Å². The summed E-state index contributed by atoms with van der Waals surface area (Å²) in [7, 11) is -1.99. The number of hydrogen-bond acceptors (Lipinski definition) is 4. The van der Waals surface area contributed by atoms with Crippen LogP contribution in [-0.2, 0) is 18.9 Å². The maximum atomic E-state index is 8.00. The molecule has 6 aromatic rings. The highest BCUT2D eigenvalue weighted by Gasteiger charge is 2.72. The Labute approximate surface area is 322 Å². The van der Waals surface area contributed by atoms with Gasteiger partial charge in [-0.3, -0.25) is 0 Å². The third kappa shape index (κ3) is 6.58. The molecular formula is C48H46O4P2. The second-order valence-corrected chi connectivity index (χ2v) is 19.1. The zero-order valence-corrected chi connectivity index (χ0v) is 32.2. The molecule has 6 atom stereocenters. The third-order valence-electron chi connectivity index (χ3n) is 11.1. The van der Waals surface area contributed by atoms with E-state index in [4.69, 9.17) is 18.9 Å². The average Bonchev–Trinajstić information content (AvgIpc) is 3.25. The second-order valence-electron chi connectivity index (χ2n) is 14.3. The summed E-state index contributed by atoms with van der Waals surface area (Å²) in [6, 6.07) is 65.3. The van der Waals surface area contributed by atoms with Gasteiger partial charge in [0.05, 0.1) is 13.2 Å². The minimum Gasteiger partial charge on any atom is -0.345 e. The summed E-state index contributed by atoms with van der Waals surface area (Å²) in [6.07, 6.45) is 2.83. The molecule has 6 aromatic carbocycles. The smallest absolute Gasteiger partial charge is 0.232 e. The SMILES string of the molecule is c1ccc(C2OC3(OCCCC3P(c3ccccc3)c3ccccc3)C3(OCCCC3P(c3ccccc3)c3ccccc3)OC2c2ccccc2)cc1. The van der Waals surface area contributed by atoms with Crippen molar-refractivity contribution in [2.45, 2.75) is 60.8 Å². The van der Waals surface area contributed by atoms with E-state index in [2.05, 4.69) is 182 Å². The van der Waals surface area contributed by atoms with Crippen LogP contribution in [-0.4, -0.2) is 36.1 Å². The Kier molecular flexibility index (Phi) is 10.6. The van der Waals surface area contributed by atoms with Gasteiger partial charge < -0.3 is 18.9 Å². The van der Waals surface area contributed by atoms with Crippen molar-refractivity contribution < 1.29 is 18.9 Å². The van der Waals surface area contributed by atoms with E-state index >= 15 is 0 Å². The van der Waals surface area contributed by atoms with Crippen molar-refractivity contribution in [1.82, 2.24) is 0 Å². The van der Waals surface area contributed by atoms with Crippen LogP contribution in [0.4, 0.5) is 0 Å². The highest BCUT2D eigenvalue weighted by Crippen LogP contribution is 2.66. The zero-order valence-electron chi connectivity index (χ0n) is 30.4. The van der Waals surface area contributed by atoms with Gasteiger partial charge in [0, 0.05) is 11.3 Å². The second kappa shape index (κ2) is 16.0. The zero-order chi connectivity index (χ0) is 36.2. The first-order chi connectivity index (χ1) is 26.8. The maximum absolute atomic E-state index is 8.00. The van der Waals surface area contributed by atoms with Gasteiger partial charge in [0.15, 0.2) is 0 Å². The summed E-state index contributed by atoms with van der Waals surface area (Å²) in [4.78, 5) is 0. The lowest BCUT2D eigenvalue weighted by atomic mass is 9.85. The van der Waals surface area contributed by atoms with Gasteiger partial charge in [0.1, 0.15) is 12.2 Å². The van der Waals surface area contributed by atoms with E-state index < -0.39 is 39.6 Å². The van der Waals surface area contributed by atoms with Crippen LogP contribution in [0.3, 0.4) is 0 Å². The van der Waals surface area contributed by atoms with Gasteiger partial charge in [-0.2, -0.15) is 0 Å². The van der Waals surface area contributed by atoms with Crippen molar-refractivity contribution in [3.63, 3.8) is 0 Å². The van der Waals surface area contributed by atoms with Crippen LogP contribution in [0.15, 0.2) is 182 Å². The van der Waals surface area contributed by atoms with Gasteiger partial charge in [-0.25, -0.2) is 0 Å². The summed E-state index contributed by atoms with van der Waals surface area (Å²) in [5, 5.41) is 5.20. The maximum Gasteiger partial charge on any atom is 0.232 e. The lowest BCUT2D eigenvalue weighted by molar-refractivity contribution is -0.481. The summed E-state index contributed by atoms with van der Waals surface area (Å²) in [5.41, 5.74) is 1.99. The van der Waals surface area contributed by atoms with Crippen LogP contribution < -0.4 is 21.2 Å². The Morgan fingerprint density at radius 3 is 0.944 bits per heavy atom. The van der Waals surface area contributed by atoms with Crippen LogP contribution >= 0.6 is 15.8 Å². The van der Waals surface area contributed by atoms with E-state index in [1.165, 1.54) is 21.2 Å². The fourth-order valence-corrected chi connectivity index (χ4v) is 15.1. The van der Waals surface area contributed by atoms with Crippen LogP contribution in [0, 0.1) is 0 Å². The summed E-state index contributed by atoms with van der Waals surface area (Å²) < 4.78 is 31.0. The molecule has 3 saturated heterocycles. The van der Waals surface area contributed by atoms with Crippen LogP contribution in [0.5, 0.6) is 0 Å². The fourth-order valence-electron chi connectivity index (χ4n) is 8.87. The van der Waals surface area contributed by atoms with Crippen molar-refractivity contribution >= 4 is 37.1 Å². The summed E-state index contributed by atoms with van der Waals surface area (Å²) in [5.74, 6) is -2.46. The molecule has 6 unspecified atom stereocenters. The molecule has 4 nitrogen and oxygen atoms in total. The Morgan fingerprint density at radius 2 is 0.648 bits per heavy atom. The van der Waals surface area contributed by atoms with Gasteiger partial charge in [-0.05, 0) is 73.9 Å². The molecule has 54 heavy (non-hydrogen) atoms. The van der Waals surface area contributed by atoms with Crippen molar-refractivity contribution in [1.29, 1.82) is 0 Å². The number of ether oxygens (including phenoxy) is 4. The van der Waals surface area contributed by atoms with E-state index in [9.17, 15) is 0 Å². The van der Waals surface area contributed by atoms with E-state index in [0.717, 1.165) is 36.8 Å². The fraction of sp³-hybridized carbons (Fsp3) is 0.250. The molecule has 0 radical (unpaired) electrons. The molecule has 6 heteroatoms. The highest BCUT2D eigenvalue weighted by molar-refractivity contribution is 7.74.